The Balaban J connectivity index is 2.42. The van der Waals surface area contributed by atoms with Gasteiger partial charge in [-0.25, -0.2) is 4.98 Å². The highest BCUT2D eigenvalue weighted by molar-refractivity contribution is 5.61. The van der Waals surface area contributed by atoms with E-state index in [1.165, 1.54) is 5.56 Å². The number of aryl methyl sites for hydroxylation is 1. The van der Waals surface area contributed by atoms with Gasteiger partial charge in [0.1, 0.15) is 0 Å². The lowest BCUT2D eigenvalue weighted by Gasteiger charge is -2.03. The van der Waals surface area contributed by atoms with Crippen molar-refractivity contribution in [2.75, 3.05) is 0 Å². The van der Waals surface area contributed by atoms with Crippen LogP contribution < -0.4 is 5.73 Å². The summed E-state index contributed by atoms with van der Waals surface area (Å²) in [6.07, 6.45) is 2.72. The molecule has 1 aromatic heterocycles. The molecule has 0 aliphatic rings. The van der Waals surface area contributed by atoms with Gasteiger partial charge in [-0.3, -0.25) is 0 Å². The molecule has 2 aromatic rings. The predicted octanol–water partition coefficient (Wildman–Crippen LogP) is 2.92. The van der Waals surface area contributed by atoms with Crippen LogP contribution in [-0.4, -0.2) is 4.98 Å². The van der Waals surface area contributed by atoms with E-state index in [1.807, 2.05) is 25.1 Å². The molecule has 0 bridgehead atoms. The van der Waals surface area contributed by atoms with Gasteiger partial charge in [-0.15, -0.1) is 0 Å². The summed E-state index contributed by atoms with van der Waals surface area (Å²) >= 11 is 0. The standard InChI is InChI=1S/C13H16N2O/c1-3-10-6-4-5-7-11(10)12-8-15-13(16-12)9(2)14/h4-9H,3,14H2,1-2H3. The van der Waals surface area contributed by atoms with Gasteiger partial charge < -0.3 is 10.2 Å². The molecule has 3 nitrogen and oxygen atoms in total. The first-order valence-corrected chi connectivity index (χ1v) is 5.52. The Labute approximate surface area is 95.3 Å². The van der Waals surface area contributed by atoms with Crippen molar-refractivity contribution in [3.8, 4) is 11.3 Å². The highest BCUT2D eigenvalue weighted by atomic mass is 16.4. The number of aromatic nitrogens is 1. The molecule has 0 fully saturated rings. The molecule has 1 aromatic carbocycles. The number of hydrogen-bond acceptors (Lipinski definition) is 3. The quantitative estimate of drug-likeness (QED) is 0.858. The molecule has 1 atom stereocenters. The maximum absolute atomic E-state index is 5.72. The molecule has 0 saturated carbocycles. The first-order valence-electron chi connectivity index (χ1n) is 5.52. The van der Waals surface area contributed by atoms with Crippen molar-refractivity contribution in [3.05, 3.63) is 41.9 Å². The number of nitrogens with zero attached hydrogens (tertiary/aromatic N) is 1. The average Bonchev–Trinajstić information content (AvgIpc) is 2.78. The second-order valence-corrected chi connectivity index (χ2v) is 3.86. The Morgan fingerprint density at radius 3 is 2.75 bits per heavy atom. The molecule has 0 radical (unpaired) electrons. The third kappa shape index (κ3) is 1.99. The smallest absolute Gasteiger partial charge is 0.211 e. The van der Waals surface area contributed by atoms with Gasteiger partial charge >= 0.3 is 0 Å². The molecule has 0 spiro atoms. The van der Waals surface area contributed by atoms with Crippen LogP contribution in [0.2, 0.25) is 0 Å². The molecule has 0 saturated heterocycles. The summed E-state index contributed by atoms with van der Waals surface area (Å²) in [7, 11) is 0. The van der Waals surface area contributed by atoms with Crippen LogP contribution in [0.4, 0.5) is 0 Å². The van der Waals surface area contributed by atoms with E-state index in [0.29, 0.717) is 5.89 Å². The highest BCUT2D eigenvalue weighted by Gasteiger charge is 2.11. The van der Waals surface area contributed by atoms with Gasteiger partial charge in [-0.2, -0.15) is 0 Å². The molecule has 84 valence electrons. The van der Waals surface area contributed by atoms with E-state index in [2.05, 4.69) is 18.0 Å². The molecule has 2 N–H and O–H groups in total. The Kier molecular flexibility index (Phi) is 3.06. The molecular formula is C13H16N2O. The maximum Gasteiger partial charge on any atom is 0.211 e. The Hall–Kier alpha value is -1.61. The van der Waals surface area contributed by atoms with Crippen LogP contribution in [0, 0.1) is 0 Å². The lowest BCUT2D eigenvalue weighted by Crippen LogP contribution is -2.04. The summed E-state index contributed by atoms with van der Waals surface area (Å²) in [6.45, 7) is 3.99. The lowest BCUT2D eigenvalue weighted by molar-refractivity contribution is 0.473. The number of nitrogens with two attached hydrogens (primary N) is 1. The Bertz CT molecular complexity index is 474. The van der Waals surface area contributed by atoms with Gasteiger partial charge in [0.05, 0.1) is 12.2 Å². The summed E-state index contributed by atoms with van der Waals surface area (Å²) in [5.74, 6) is 1.38. The van der Waals surface area contributed by atoms with Crippen molar-refractivity contribution < 1.29 is 4.42 Å². The third-order valence-corrected chi connectivity index (χ3v) is 2.58. The summed E-state index contributed by atoms with van der Waals surface area (Å²) < 4.78 is 5.64. The molecular weight excluding hydrogens is 200 g/mol. The SMILES string of the molecule is CCc1ccccc1-c1cnc(C(C)N)o1. The minimum atomic E-state index is -0.164. The van der Waals surface area contributed by atoms with Crippen molar-refractivity contribution in [1.29, 1.82) is 0 Å². The van der Waals surface area contributed by atoms with Crippen LogP contribution in [0.25, 0.3) is 11.3 Å². The number of rotatable bonds is 3. The van der Waals surface area contributed by atoms with Gasteiger partial charge in [0.15, 0.2) is 5.76 Å². The summed E-state index contributed by atoms with van der Waals surface area (Å²) in [4.78, 5) is 4.18. The van der Waals surface area contributed by atoms with Crippen molar-refractivity contribution in [1.82, 2.24) is 4.98 Å². The summed E-state index contributed by atoms with van der Waals surface area (Å²) in [6, 6.07) is 8.02. The average molecular weight is 216 g/mol. The van der Waals surface area contributed by atoms with Crippen LogP contribution in [0.5, 0.6) is 0 Å². The van der Waals surface area contributed by atoms with Gasteiger partial charge in [0.2, 0.25) is 5.89 Å². The number of oxazole rings is 1. The number of hydrogen-bond donors (Lipinski definition) is 1. The summed E-state index contributed by atoms with van der Waals surface area (Å²) in [5.41, 5.74) is 8.08. The van der Waals surface area contributed by atoms with Crippen LogP contribution >= 0.6 is 0 Å². The monoisotopic (exact) mass is 216 g/mol. The van der Waals surface area contributed by atoms with Gasteiger partial charge in [0.25, 0.3) is 0 Å². The van der Waals surface area contributed by atoms with Crippen LogP contribution in [0.15, 0.2) is 34.9 Å². The largest absolute Gasteiger partial charge is 0.439 e. The van der Waals surface area contributed by atoms with E-state index >= 15 is 0 Å². The second-order valence-electron chi connectivity index (χ2n) is 3.86. The molecule has 0 aliphatic carbocycles. The lowest BCUT2D eigenvalue weighted by atomic mass is 10.0. The number of benzene rings is 1. The first-order chi connectivity index (χ1) is 7.72. The van der Waals surface area contributed by atoms with Crippen molar-refractivity contribution in [2.24, 2.45) is 5.73 Å². The van der Waals surface area contributed by atoms with Crippen molar-refractivity contribution in [2.45, 2.75) is 26.3 Å². The zero-order valence-corrected chi connectivity index (χ0v) is 9.60. The van der Waals surface area contributed by atoms with E-state index in [-0.39, 0.29) is 6.04 Å². The van der Waals surface area contributed by atoms with Gasteiger partial charge in [0, 0.05) is 5.56 Å². The molecule has 0 amide bonds. The topological polar surface area (TPSA) is 52.0 Å². The Morgan fingerprint density at radius 2 is 2.12 bits per heavy atom. The fraction of sp³-hybridized carbons (Fsp3) is 0.308. The van der Waals surface area contributed by atoms with Gasteiger partial charge in [-0.1, -0.05) is 31.2 Å². The van der Waals surface area contributed by atoms with Crippen LogP contribution in [0.3, 0.4) is 0 Å². The van der Waals surface area contributed by atoms with Crippen LogP contribution in [-0.2, 0) is 6.42 Å². The molecule has 3 heteroatoms. The predicted molar refractivity (Wildman–Crippen MR) is 63.9 cm³/mol. The van der Waals surface area contributed by atoms with Crippen molar-refractivity contribution in [3.63, 3.8) is 0 Å². The highest BCUT2D eigenvalue weighted by Crippen LogP contribution is 2.25. The zero-order chi connectivity index (χ0) is 11.5. The van der Waals surface area contributed by atoms with E-state index in [9.17, 15) is 0 Å². The van der Waals surface area contributed by atoms with Gasteiger partial charge in [-0.05, 0) is 18.9 Å². The van der Waals surface area contributed by atoms with E-state index < -0.39 is 0 Å². The first kappa shape index (κ1) is 10.9. The third-order valence-electron chi connectivity index (χ3n) is 2.58. The van der Waals surface area contributed by atoms with E-state index in [0.717, 1.165) is 17.7 Å². The fourth-order valence-electron chi connectivity index (χ4n) is 1.69. The fourth-order valence-corrected chi connectivity index (χ4v) is 1.69. The maximum atomic E-state index is 5.72. The van der Waals surface area contributed by atoms with Crippen LogP contribution in [0.1, 0.15) is 31.3 Å². The van der Waals surface area contributed by atoms with E-state index in [1.54, 1.807) is 6.20 Å². The Morgan fingerprint density at radius 1 is 1.38 bits per heavy atom. The minimum absolute atomic E-state index is 0.164. The normalized spacial score (nSPS) is 12.7. The molecule has 1 unspecified atom stereocenters. The minimum Gasteiger partial charge on any atom is -0.439 e. The molecule has 16 heavy (non-hydrogen) atoms. The molecule has 0 aliphatic heterocycles. The van der Waals surface area contributed by atoms with Crippen molar-refractivity contribution >= 4 is 0 Å². The summed E-state index contributed by atoms with van der Waals surface area (Å²) in [5, 5.41) is 0. The second kappa shape index (κ2) is 4.49. The molecule has 2 rings (SSSR count). The molecule has 1 heterocycles. The zero-order valence-electron chi connectivity index (χ0n) is 9.60. The van der Waals surface area contributed by atoms with E-state index in [4.69, 9.17) is 10.2 Å².